The average Bonchev–Trinajstić information content (AvgIpc) is 2.68. The first kappa shape index (κ1) is 12.5. The van der Waals surface area contributed by atoms with Crippen LogP contribution in [-0.2, 0) is 17.5 Å². The second-order valence-corrected chi connectivity index (χ2v) is 3.85. The number of alkyl halides is 3. The number of aromatic nitrogens is 1. The maximum atomic E-state index is 12.9. The Labute approximate surface area is 101 Å². The van der Waals surface area contributed by atoms with E-state index >= 15 is 0 Å². The Morgan fingerprint density at radius 1 is 1.33 bits per heavy atom. The highest BCUT2D eigenvalue weighted by molar-refractivity contribution is 5.84. The highest BCUT2D eigenvalue weighted by Gasteiger charge is 2.35. The van der Waals surface area contributed by atoms with Gasteiger partial charge in [-0.05, 0) is 12.1 Å². The van der Waals surface area contributed by atoms with Crippen LogP contribution in [0, 0.1) is 0 Å². The second kappa shape index (κ2) is 4.36. The molecule has 2 rings (SSSR count). The van der Waals surface area contributed by atoms with Crippen LogP contribution >= 0.6 is 0 Å². The van der Waals surface area contributed by atoms with Crippen LogP contribution in [0.15, 0.2) is 30.3 Å². The fourth-order valence-electron chi connectivity index (χ4n) is 1.84. The van der Waals surface area contributed by atoms with Crippen molar-refractivity contribution in [2.75, 3.05) is 7.05 Å². The maximum absolute atomic E-state index is 12.9. The lowest BCUT2D eigenvalue weighted by atomic mass is 10.2. The number of hydrogen-bond acceptors (Lipinski definition) is 1. The summed E-state index contributed by atoms with van der Waals surface area (Å²) in [6, 6.07) is 7.51. The predicted molar refractivity (Wildman–Crippen MR) is 61.0 cm³/mol. The van der Waals surface area contributed by atoms with Gasteiger partial charge in [-0.15, -0.1) is 0 Å². The number of nitrogens with zero attached hydrogens (tertiary/aromatic N) is 1. The number of hydrogen-bond donors (Lipinski definition) is 1. The molecule has 18 heavy (non-hydrogen) atoms. The van der Waals surface area contributed by atoms with Gasteiger partial charge in [0.25, 0.3) is 0 Å². The topological polar surface area (TPSA) is 34.0 Å². The number of carbonyl (C=O) groups excluding carboxylic acids is 1. The van der Waals surface area contributed by atoms with Crippen molar-refractivity contribution in [2.24, 2.45) is 0 Å². The SMILES string of the molecule is CNC(=O)Cn1c(C(F)(F)F)cc2ccccc21. The number of fused-ring (bicyclic) bond motifs is 1. The van der Waals surface area contributed by atoms with Gasteiger partial charge in [-0.25, -0.2) is 0 Å². The minimum absolute atomic E-state index is 0.348. The zero-order chi connectivity index (χ0) is 13.3. The van der Waals surface area contributed by atoms with Gasteiger partial charge in [-0.1, -0.05) is 18.2 Å². The van der Waals surface area contributed by atoms with Gasteiger partial charge in [0.05, 0.1) is 0 Å². The molecule has 1 aromatic heterocycles. The largest absolute Gasteiger partial charge is 0.431 e. The molecule has 6 heteroatoms. The van der Waals surface area contributed by atoms with E-state index in [0.29, 0.717) is 10.9 Å². The van der Waals surface area contributed by atoms with E-state index in [2.05, 4.69) is 5.32 Å². The molecule has 0 aliphatic heterocycles. The number of amides is 1. The summed E-state index contributed by atoms with van der Waals surface area (Å²) < 4.78 is 39.6. The first-order valence-electron chi connectivity index (χ1n) is 5.29. The first-order valence-corrected chi connectivity index (χ1v) is 5.29. The van der Waals surface area contributed by atoms with E-state index in [4.69, 9.17) is 0 Å². The summed E-state index contributed by atoms with van der Waals surface area (Å²) in [5.41, 5.74) is -0.416. The summed E-state index contributed by atoms with van der Waals surface area (Å²) in [4.78, 5) is 11.3. The predicted octanol–water partition coefficient (Wildman–Crippen LogP) is 2.41. The molecule has 0 saturated heterocycles. The third-order valence-electron chi connectivity index (χ3n) is 2.68. The number of carbonyl (C=O) groups is 1. The minimum atomic E-state index is -4.48. The van der Waals surface area contributed by atoms with E-state index in [0.717, 1.165) is 10.6 Å². The van der Waals surface area contributed by atoms with Crippen LogP contribution < -0.4 is 5.32 Å². The van der Waals surface area contributed by atoms with Crippen LogP contribution in [0.25, 0.3) is 10.9 Å². The Kier molecular flexibility index (Phi) is 3.02. The van der Waals surface area contributed by atoms with Crippen LogP contribution in [0.2, 0.25) is 0 Å². The Bertz CT molecular complexity index is 587. The quantitative estimate of drug-likeness (QED) is 0.879. The molecule has 0 aliphatic carbocycles. The van der Waals surface area contributed by atoms with Crippen LogP contribution in [-0.4, -0.2) is 17.5 Å². The lowest BCUT2D eigenvalue weighted by Gasteiger charge is -2.12. The molecule has 1 N–H and O–H groups in total. The molecule has 1 heterocycles. The summed E-state index contributed by atoms with van der Waals surface area (Å²) in [6.07, 6.45) is -4.48. The second-order valence-electron chi connectivity index (χ2n) is 3.85. The number of nitrogens with one attached hydrogen (secondary N) is 1. The molecular weight excluding hydrogens is 245 g/mol. The Morgan fingerprint density at radius 3 is 2.61 bits per heavy atom. The minimum Gasteiger partial charge on any atom is -0.358 e. The lowest BCUT2D eigenvalue weighted by Crippen LogP contribution is -2.26. The zero-order valence-corrected chi connectivity index (χ0v) is 9.58. The smallest absolute Gasteiger partial charge is 0.358 e. The van der Waals surface area contributed by atoms with Crippen molar-refractivity contribution in [1.29, 1.82) is 0 Å². The fourth-order valence-corrected chi connectivity index (χ4v) is 1.84. The van der Waals surface area contributed by atoms with E-state index < -0.39 is 17.8 Å². The molecule has 1 amide bonds. The molecule has 3 nitrogen and oxygen atoms in total. The van der Waals surface area contributed by atoms with Crippen LogP contribution in [0.1, 0.15) is 5.69 Å². The van der Waals surface area contributed by atoms with Gasteiger partial charge in [-0.2, -0.15) is 13.2 Å². The molecule has 1 aromatic carbocycles. The van der Waals surface area contributed by atoms with Gasteiger partial charge in [0.1, 0.15) is 12.2 Å². The number of benzene rings is 1. The van der Waals surface area contributed by atoms with E-state index in [1.807, 2.05) is 0 Å². The average molecular weight is 256 g/mol. The molecular formula is C12H11F3N2O. The standard InChI is InChI=1S/C12H11F3N2O/c1-16-11(18)7-17-9-5-3-2-4-8(9)6-10(17)12(13,14)15/h2-6H,7H2,1H3,(H,16,18). The Balaban J connectivity index is 2.62. The van der Waals surface area contributed by atoms with Crippen LogP contribution in [0.4, 0.5) is 13.2 Å². The third kappa shape index (κ3) is 2.18. The van der Waals surface area contributed by atoms with E-state index in [-0.39, 0.29) is 6.54 Å². The monoisotopic (exact) mass is 256 g/mol. The Hall–Kier alpha value is -1.98. The molecule has 0 saturated carbocycles. The zero-order valence-electron chi connectivity index (χ0n) is 9.58. The molecule has 0 fully saturated rings. The molecule has 0 unspecified atom stereocenters. The van der Waals surface area contributed by atoms with Gasteiger partial charge in [0.2, 0.25) is 5.91 Å². The number of likely N-dealkylation sites (N-methyl/N-ethyl adjacent to an activating group) is 1. The molecule has 0 radical (unpaired) electrons. The number of halogens is 3. The van der Waals surface area contributed by atoms with Crippen molar-refractivity contribution in [3.8, 4) is 0 Å². The molecule has 96 valence electrons. The fraction of sp³-hybridized carbons (Fsp3) is 0.250. The van der Waals surface area contributed by atoms with E-state index in [9.17, 15) is 18.0 Å². The lowest BCUT2D eigenvalue weighted by molar-refractivity contribution is -0.143. The highest BCUT2D eigenvalue weighted by atomic mass is 19.4. The summed E-state index contributed by atoms with van der Waals surface area (Å²) in [7, 11) is 1.39. The summed E-state index contributed by atoms with van der Waals surface area (Å²) >= 11 is 0. The molecule has 0 aliphatic rings. The highest BCUT2D eigenvalue weighted by Crippen LogP contribution is 2.33. The molecule has 0 atom stereocenters. The first-order chi connectivity index (χ1) is 8.43. The maximum Gasteiger partial charge on any atom is 0.431 e. The van der Waals surface area contributed by atoms with Crippen molar-refractivity contribution in [2.45, 2.75) is 12.7 Å². The summed E-state index contributed by atoms with van der Waals surface area (Å²) in [5, 5.41) is 2.79. The van der Waals surface area contributed by atoms with Gasteiger partial charge in [0.15, 0.2) is 0 Å². The normalized spacial score (nSPS) is 11.8. The Morgan fingerprint density at radius 2 is 2.00 bits per heavy atom. The summed E-state index contributed by atoms with van der Waals surface area (Å²) in [6.45, 7) is -0.348. The number of para-hydroxylation sites is 1. The van der Waals surface area contributed by atoms with Gasteiger partial charge in [0, 0.05) is 18.0 Å². The van der Waals surface area contributed by atoms with Gasteiger partial charge >= 0.3 is 6.18 Å². The van der Waals surface area contributed by atoms with Crippen molar-refractivity contribution >= 4 is 16.8 Å². The van der Waals surface area contributed by atoms with Crippen LogP contribution in [0.3, 0.4) is 0 Å². The molecule has 0 spiro atoms. The van der Waals surface area contributed by atoms with E-state index in [1.54, 1.807) is 24.3 Å². The van der Waals surface area contributed by atoms with Crippen LogP contribution in [0.5, 0.6) is 0 Å². The van der Waals surface area contributed by atoms with Crippen molar-refractivity contribution < 1.29 is 18.0 Å². The van der Waals surface area contributed by atoms with Crippen molar-refractivity contribution in [3.63, 3.8) is 0 Å². The molecule has 2 aromatic rings. The van der Waals surface area contributed by atoms with E-state index in [1.165, 1.54) is 7.05 Å². The van der Waals surface area contributed by atoms with Gasteiger partial charge in [-0.3, -0.25) is 4.79 Å². The molecule has 0 bridgehead atoms. The van der Waals surface area contributed by atoms with Crippen molar-refractivity contribution in [1.82, 2.24) is 9.88 Å². The third-order valence-corrected chi connectivity index (χ3v) is 2.68. The summed E-state index contributed by atoms with van der Waals surface area (Å²) in [5.74, 6) is -0.471. The number of rotatable bonds is 2. The van der Waals surface area contributed by atoms with Crippen molar-refractivity contribution in [3.05, 3.63) is 36.0 Å². The van der Waals surface area contributed by atoms with Gasteiger partial charge < -0.3 is 9.88 Å².